The minimum absolute atomic E-state index is 0.368. The highest BCUT2D eigenvalue weighted by atomic mass is 35.5. The fourth-order valence-electron chi connectivity index (χ4n) is 2.65. The molecule has 1 aliphatic rings. The van der Waals surface area contributed by atoms with E-state index in [1.165, 1.54) is 22.4 Å². The van der Waals surface area contributed by atoms with Crippen LogP contribution in [0.3, 0.4) is 0 Å². The first-order valence-electron chi connectivity index (χ1n) is 6.44. The Bertz CT molecular complexity index is 606. The average Bonchev–Trinajstić information content (AvgIpc) is 2.74. The van der Waals surface area contributed by atoms with Crippen molar-refractivity contribution in [3.63, 3.8) is 0 Å². The SMILES string of the molecule is Cc1cc(Cl)ccc1NC1CCCc2sc(Cl)cc21. The van der Waals surface area contributed by atoms with Gasteiger partial charge < -0.3 is 5.32 Å². The van der Waals surface area contributed by atoms with E-state index in [0.29, 0.717) is 6.04 Å². The molecule has 0 amide bonds. The highest BCUT2D eigenvalue weighted by Crippen LogP contribution is 2.39. The van der Waals surface area contributed by atoms with Gasteiger partial charge in [-0.3, -0.25) is 0 Å². The number of aryl methyl sites for hydroxylation is 2. The molecule has 0 radical (unpaired) electrons. The Morgan fingerprint density at radius 3 is 2.89 bits per heavy atom. The van der Waals surface area contributed by atoms with E-state index in [-0.39, 0.29) is 0 Å². The number of nitrogens with one attached hydrogen (secondary N) is 1. The fourth-order valence-corrected chi connectivity index (χ4v) is 4.26. The van der Waals surface area contributed by atoms with Crippen LogP contribution in [0.5, 0.6) is 0 Å². The first kappa shape index (κ1) is 13.3. The molecule has 4 heteroatoms. The van der Waals surface area contributed by atoms with Gasteiger partial charge >= 0.3 is 0 Å². The molecule has 1 atom stereocenters. The maximum atomic E-state index is 6.14. The molecule has 0 saturated carbocycles. The summed E-state index contributed by atoms with van der Waals surface area (Å²) in [6, 6.07) is 8.46. The van der Waals surface area contributed by atoms with E-state index >= 15 is 0 Å². The highest BCUT2D eigenvalue weighted by Gasteiger charge is 2.22. The molecule has 1 N–H and O–H groups in total. The van der Waals surface area contributed by atoms with Gasteiger partial charge in [0.05, 0.1) is 10.4 Å². The quantitative estimate of drug-likeness (QED) is 0.733. The van der Waals surface area contributed by atoms with E-state index in [0.717, 1.165) is 27.9 Å². The Hall–Kier alpha value is -0.700. The number of hydrogen-bond donors (Lipinski definition) is 1. The van der Waals surface area contributed by atoms with Crippen LogP contribution in [-0.4, -0.2) is 0 Å². The van der Waals surface area contributed by atoms with Crippen LogP contribution in [0.2, 0.25) is 9.36 Å². The Balaban J connectivity index is 1.88. The molecule has 19 heavy (non-hydrogen) atoms. The fraction of sp³-hybridized carbons (Fsp3) is 0.333. The van der Waals surface area contributed by atoms with Gasteiger partial charge in [-0.05, 0) is 61.6 Å². The van der Waals surface area contributed by atoms with E-state index in [1.54, 1.807) is 11.3 Å². The first-order chi connectivity index (χ1) is 9.13. The third-order valence-electron chi connectivity index (χ3n) is 3.60. The van der Waals surface area contributed by atoms with Crippen molar-refractivity contribution in [2.24, 2.45) is 0 Å². The summed E-state index contributed by atoms with van der Waals surface area (Å²) in [5, 5.41) is 4.42. The molecule has 0 fully saturated rings. The zero-order chi connectivity index (χ0) is 13.4. The molecule has 1 aromatic heterocycles. The van der Waals surface area contributed by atoms with Gasteiger partial charge in [0.1, 0.15) is 0 Å². The van der Waals surface area contributed by atoms with E-state index in [9.17, 15) is 0 Å². The molecular formula is C15H15Cl2NS. The number of thiophene rings is 1. The van der Waals surface area contributed by atoms with Gasteiger partial charge in [-0.15, -0.1) is 11.3 Å². The lowest BCUT2D eigenvalue weighted by molar-refractivity contribution is 0.608. The summed E-state index contributed by atoms with van der Waals surface area (Å²) >= 11 is 13.9. The van der Waals surface area contributed by atoms with Gasteiger partial charge in [-0.1, -0.05) is 23.2 Å². The van der Waals surface area contributed by atoms with Crippen molar-refractivity contribution in [3.8, 4) is 0 Å². The molecule has 0 bridgehead atoms. The Labute approximate surface area is 127 Å². The normalized spacial score (nSPS) is 18.2. The molecule has 0 saturated heterocycles. The maximum absolute atomic E-state index is 6.14. The number of rotatable bonds is 2. The third kappa shape index (κ3) is 2.76. The number of anilines is 1. The largest absolute Gasteiger partial charge is 0.378 e. The third-order valence-corrected chi connectivity index (χ3v) is 5.18. The van der Waals surface area contributed by atoms with Crippen molar-refractivity contribution in [1.29, 1.82) is 0 Å². The predicted octanol–water partition coefficient (Wildman–Crippen LogP) is 5.85. The van der Waals surface area contributed by atoms with Crippen LogP contribution in [0.1, 0.15) is 34.9 Å². The van der Waals surface area contributed by atoms with E-state index < -0.39 is 0 Å². The van der Waals surface area contributed by atoms with Gasteiger partial charge in [0.2, 0.25) is 0 Å². The molecule has 1 heterocycles. The van der Waals surface area contributed by atoms with Crippen molar-refractivity contribution in [3.05, 3.63) is 49.6 Å². The standard InChI is InChI=1S/C15H15Cl2NS/c1-9-7-10(16)5-6-12(9)18-13-3-2-4-14-11(13)8-15(17)19-14/h5-8,13,18H,2-4H2,1H3. The zero-order valence-corrected chi connectivity index (χ0v) is 13.0. The molecule has 100 valence electrons. The van der Waals surface area contributed by atoms with E-state index in [1.807, 2.05) is 12.1 Å². The van der Waals surface area contributed by atoms with Gasteiger partial charge in [0, 0.05) is 15.6 Å². The van der Waals surface area contributed by atoms with Crippen LogP contribution in [0.4, 0.5) is 5.69 Å². The summed E-state index contributed by atoms with van der Waals surface area (Å²) in [5.41, 5.74) is 3.71. The minimum Gasteiger partial charge on any atom is -0.378 e. The van der Waals surface area contributed by atoms with Crippen molar-refractivity contribution in [2.45, 2.75) is 32.2 Å². The predicted molar refractivity (Wildman–Crippen MR) is 84.8 cm³/mol. The molecule has 2 aromatic rings. The van der Waals surface area contributed by atoms with Crippen LogP contribution in [0, 0.1) is 6.92 Å². The van der Waals surface area contributed by atoms with Gasteiger partial charge in [-0.2, -0.15) is 0 Å². The summed E-state index contributed by atoms with van der Waals surface area (Å²) in [6.07, 6.45) is 3.53. The molecular weight excluding hydrogens is 297 g/mol. The van der Waals surface area contributed by atoms with Crippen molar-refractivity contribution >= 4 is 40.2 Å². The second kappa shape index (κ2) is 5.35. The van der Waals surface area contributed by atoms with Gasteiger partial charge in [0.25, 0.3) is 0 Å². The number of hydrogen-bond acceptors (Lipinski definition) is 2. The Morgan fingerprint density at radius 2 is 2.11 bits per heavy atom. The smallest absolute Gasteiger partial charge is 0.0934 e. The molecule has 1 aromatic carbocycles. The lowest BCUT2D eigenvalue weighted by Crippen LogP contribution is -2.16. The summed E-state index contributed by atoms with van der Waals surface area (Å²) in [5.74, 6) is 0. The summed E-state index contributed by atoms with van der Waals surface area (Å²) in [6.45, 7) is 2.08. The van der Waals surface area contributed by atoms with Crippen LogP contribution in [-0.2, 0) is 6.42 Å². The summed E-state index contributed by atoms with van der Waals surface area (Å²) in [4.78, 5) is 1.43. The topological polar surface area (TPSA) is 12.0 Å². The number of fused-ring (bicyclic) bond motifs is 1. The van der Waals surface area contributed by atoms with Gasteiger partial charge in [0.15, 0.2) is 0 Å². The second-order valence-corrected chi connectivity index (χ2v) is 7.18. The molecule has 0 aliphatic heterocycles. The monoisotopic (exact) mass is 311 g/mol. The first-order valence-corrected chi connectivity index (χ1v) is 8.01. The van der Waals surface area contributed by atoms with Crippen LogP contribution in [0.15, 0.2) is 24.3 Å². The average molecular weight is 312 g/mol. The maximum Gasteiger partial charge on any atom is 0.0934 e. The lowest BCUT2D eigenvalue weighted by atomic mass is 9.93. The summed E-state index contributed by atoms with van der Waals surface area (Å²) in [7, 11) is 0. The Morgan fingerprint density at radius 1 is 1.26 bits per heavy atom. The molecule has 3 rings (SSSR count). The molecule has 1 unspecified atom stereocenters. The minimum atomic E-state index is 0.368. The summed E-state index contributed by atoms with van der Waals surface area (Å²) < 4.78 is 0.895. The Kier molecular flexibility index (Phi) is 3.75. The van der Waals surface area contributed by atoms with E-state index in [2.05, 4.69) is 24.4 Å². The van der Waals surface area contributed by atoms with Crippen LogP contribution in [0.25, 0.3) is 0 Å². The zero-order valence-electron chi connectivity index (χ0n) is 10.7. The van der Waals surface area contributed by atoms with Crippen LogP contribution < -0.4 is 5.32 Å². The van der Waals surface area contributed by atoms with Crippen molar-refractivity contribution in [1.82, 2.24) is 0 Å². The van der Waals surface area contributed by atoms with Crippen molar-refractivity contribution < 1.29 is 0 Å². The molecule has 1 nitrogen and oxygen atoms in total. The highest BCUT2D eigenvalue weighted by molar-refractivity contribution is 7.16. The lowest BCUT2D eigenvalue weighted by Gasteiger charge is -2.25. The van der Waals surface area contributed by atoms with Gasteiger partial charge in [-0.25, -0.2) is 0 Å². The second-order valence-electron chi connectivity index (χ2n) is 4.98. The number of halogens is 2. The molecule has 0 spiro atoms. The molecule has 1 aliphatic carbocycles. The van der Waals surface area contributed by atoms with Crippen LogP contribution >= 0.6 is 34.5 Å². The number of benzene rings is 1. The van der Waals surface area contributed by atoms with Crippen molar-refractivity contribution in [2.75, 3.05) is 5.32 Å². The van der Waals surface area contributed by atoms with E-state index in [4.69, 9.17) is 23.2 Å².